The molecule has 1 aliphatic carbocycles. The Balaban J connectivity index is 1.42. The summed E-state index contributed by atoms with van der Waals surface area (Å²) in [5.41, 5.74) is 5.78. The van der Waals surface area contributed by atoms with Gasteiger partial charge in [-0.1, -0.05) is 5.16 Å². The van der Waals surface area contributed by atoms with E-state index in [4.69, 9.17) is 15.0 Å². The summed E-state index contributed by atoms with van der Waals surface area (Å²) >= 11 is 0. The zero-order valence-corrected chi connectivity index (χ0v) is 14.9. The van der Waals surface area contributed by atoms with E-state index in [0.29, 0.717) is 36.3 Å². The molecule has 4 aliphatic rings. The number of rotatable bonds is 2. The number of halogens is 2. The maximum atomic E-state index is 14.9. The molecule has 28 heavy (non-hydrogen) atoms. The van der Waals surface area contributed by atoms with Crippen LogP contribution in [0, 0.1) is 23.5 Å². The highest BCUT2D eigenvalue weighted by Crippen LogP contribution is 2.53. The van der Waals surface area contributed by atoms with Gasteiger partial charge in [-0.15, -0.1) is 0 Å². The van der Waals surface area contributed by atoms with Gasteiger partial charge in [0.1, 0.15) is 23.7 Å². The molecule has 2 aromatic rings. The Bertz CT molecular complexity index is 1020. The molecule has 2 saturated heterocycles. The smallest absolute Gasteiger partial charge is 0.416 e. The minimum atomic E-state index is -1.15. The minimum absolute atomic E-state index is 0.133. The first-order valence-corrected chi connectivity index (χ1v) is 9.15. The lowest BCUT2D eigenvalue weighted by atomic mass is 9.91. The van der Waals surface area contributed by atoms with Gasteiger partial charge in [-0.25, -0.2) is 13.6 Å². The lowest BCUT2D eigenvalue weighted by molar-refractivity contribution is 0.0490. The van der Waals surface area contributed by atoms with Gasteiger partial charge in [-0.2, -0.15) is 0 Å². The fraction of sp³-hybridized carbons (Fsp3) is 0.444. The van der Waals surface area contributed by atoms with Crippen molar-refractivity contribution >= 4 is 23.3 Å². The fourth-order valence-corrected chi connectivity index (χ4v) is 4.90. The monoisotopic (exact) mass is 389 g/mol. The summed E-state index contributed by atoms with van der Waals surface area (Å²) in [6, 6.07) is 1.57. The summed E-state index contributed by atoms with van der Waals surface area (Å²) in [6.45, 7) is 2.91. The molecule has 3 fully saturated rings. The first-order valence-electron chi connectivity index (χ1n) is 9.15. The molecular weight excluding hydrogens is 372 g/mol. The molecule has 1 aromatic carbocycles. The number of nitrogens with two attached hydrogens (primary N) is 1. The number of nitrogens with one attached hydrogen (secondary N) is 1. The molecule has 10 heteroatoms. The van der Waals surface area contributed by atoms with Crippen molar-refractivity contribution in [3.63, 3.8) is 0 Å². The second kappa shape index (κ2) is 4.93. The average Bonchev–Trinajstić information content (AvgIpc) is 3.03. The Hall–Kier alpha value is -2.88. The number of benzene rings is 1. The highest BCUT2D eigenvalue weighted by Gasteiger charge is 2.62. The van der Waals surface area contributed by atoms with Gasteiger partial charge < -0.3 is 25.2 Å². The molecule has 1 amide bonds. The van der Waals surface area contributed by atoms with Crippen molar-refractivity contribution in [2.24, 2.45) is 17.6 Å². The predicted molar refractivity (Wildman–Crippen MR) is 93.8 cm³/mol. The molecule has 6 rings (SSSR count). The van der Waals surface area contributed by atoms with Crippen LogP contribution in [0.25, 0.3) is 0 Å². The van der Waals surface area contributed by atoms with Gasteiger partial charge in [0.05, 0.1) is 11.4 Å². The molecule has 5 atom stereocenters. The quantitative estimate of drug-likeness (QED) is 0.811. The molecule has 3 aliphatic heterocycles. The lowest BCUT2D eigenvalue weighted by Gasteiger charge is -2.39. The zero-order chi connectivity index (χ0) is 19.4. The van der Waals surface area contributed by atoms with E-state index in [1.807, 2.05) is 4.90 Å². The number of ether oxygens (including phenoxy) is 1. The predicted octanol–water partition coefficient (Wildman–Crippen LogP) is 1.97. The summed E-state index contributed by atoms with van der Waals surface area (Å²) in [4.78, 5) is 15.9. The number of amides is 1. The first-order chi connectivity index (χ1) is 13.4. The summed E-state index contributed by atoms with van der Waals surface area (Å²) in [6.07, 6.45) is 0.709. The normalized spacial score (nSPS) is 34.8. The SMILES string of the molecule is C[C@H]1N(c2cc(F)cc(F)c2N2CC3C(N)[C@H]3C2)C(=O)O[C@]12Nc1nocc12. The molecule has 3 N–H and O–H groups in total. The van der Waals surface area contributed by atoms with Gasteiger partial charge in [0.2, 0.25) is 5.72 Å². The van der Waals surface area contributed by atoms with Gasteiger partial charge in [0, 0.05) is 31.3 Å². The van der Waals surface area contributed by atoms with Gasteiger partial charge in [0.15, 0.2) is 11.6 Å². The number of fused-ring (bicyclic) bond motifs is 3. The Kier molecular flexibility index (Phi) is 2.84. The number of hydrogen-bond donors (Lipinski definition) is 2. The van der Waals surface area contributed by atoms with Gasteiger partial charge in [-0.3, -0.25) is 4.90 Å². The number of piperidine rings is 1. The van der Waals surface area contributed by atoms with E-state index < -0.39 is 29.5 Å². The number of carbonyl (C=O) groups is 1. The number of anilines is 3. The Morgan fingerprint density at radius 3 is 2.79 bits per heavy atom. The third-order valence-electron chi connectivity index (χ3n) is 6.54. The van der Waals surface area contributed by atoms with Crippen LogP contribution >= 0.6 is 0 Å². The molecule has 1 spiro atoms. The number of hydrogen-bond acceptors (Lipinski definition) is 7. The van der Waals surface area contributed by atoms with Crippen LogP contribution in [-0.2, 0) is 10.5 Å². The molecule has 8 nitrogen and oxygen atoms in total. The van der Waals surface area contributed by atoms with E-state index in [1.54, 1.807) is 6.92 Å². The molecule has 4 heterocycles. The standard InChI is InChI=1S/C18H17F2N5O3/c1-7-18(11-6-27-23-16(11)22-18)28-17(26)25(7)13-3-8(19)2-12(20)15(13)24-4-9-10(5-24)14(9)21/h2-3,6-7,9-10,14H,4-5,21H2,1H3,(H,22,23)/t7-,9+,10?,14?,18-/m1/s1. The van der Waals surface area contributed by atoms with Crippen molar-refractivity contribution in [3.05, 3.63) is 35.6 Å². The molecule has 1 aromatic heterocycles. The summed E-state index contributed by atoms with van der Waals surface area (Å²) in [7, 11) is 0. The highest BCUT2D eigenvalue weighted by molar-refractivity contribution is 5.97. The minimum Gasteiger partial charge on any atom is -0.416 e. The van der Waals surface area contributed by atoms with E-state index in [0.717, 1.165) is 6.07 Å². The Morgan fingerprint density at radius 2 is 2.07 bits per heavy atom. The molecular formula is C18H17F2N5O3. The number of aromatic nitrogens is 1. The van der Waals surface area contributed by atoms with Gasteiger partial charge in [-0.05, 0) is 18.8 Å². The van der Waals surface area contributed by atoms with Crippen molar-refractivity contribution in [2.75, 3.05) is 28.2 Å². The number of nitrogens with zero attached hydrogens (tertiary/aromatic N) is 3. The third-order valence-corrected chi connectivity index (χ3v) is 6.54. The van der Waals surface area contributed by atoms with Crippen molar-refractivity contribution in [2.45, 2.75) is 24.7 Å². The van der Waals surface area contributed by atoms with Crippen molar-refractivity contribution < 1.29 is 22.8 Å². The largest absolute Gasteiger partial charge is 0.417 e. The summed E-state index contributed by atoms with van der Waals surface area (Å²) in [5.74, 6) is -0.372. The fourth-order valence-electron chi connectivity index (χ4n) is 4.90. The lowest BCUT2D eigenvalue weighted by Crippen LogP contribution is -2.53. The van der Waals surface area contributed by atoms with E-state index in [-0.39, 0.29) is 17.4 Å². The van der Waals surface area contributed by atoms with Crippen LogP contribution < -0.4 is 20.9 Å². The van der Waals surface area contributed by atoms with Crippen LogP contribution in [0.5, 0.6) is 0 Å². The van der Waals surface area contributed by atoms with Crippen LogP contribution in [0.15, 0.2) is 22.9 Å². The molecule has 2 unspecified atom stereocenters. The van der Waals surface area contributed by atoms with E-state index in [1.165, 1.54) is 17.2 Å². The third kappa shape index (κ3) is 1.81. The second-order valence-corrected chi connectivity index (χ2v) is 7.92. The van der Waals surface area contributed by atoms with Crippen molar-refractivity contribution in [1.29, 1.82) is 0 Å². The van der Waals surface area contributed by atoms with Crippen molar-refractivity contribution in [3.8, 4) is 0 Å². The maximum absolute atomic E-state index is 14.9. The van der Waals surface area contributed by atoms with E-state index in [9.17, 15) is 13.6 Å². The molecule has 1 saturated carbocycles. The average molecular weight is 389 g/mol. The number of carbonyl (C=O) groups excluding carboxylic acids is 1. The Labute approximate surface area is 158 Å². The Morgan fingerprint density at radius 1 is 1.32 bits per heavy atom. The van der Waals surface area contributed by atoms with Crippen LogP contribution in [0.1, 0.15) is 12.5 Å². The molecule has 0 radical (unpaired) electrons. The highest BCUT2D eigenvalue weighted by atomic mass is 19.1. The van der Waals surface area contributed by atoms with Crippen LogP contribution in [0.3, 0.4) is 0 Å². The van der Waals surface area contributed by atoms with Crippen molar-refractivity contribution in [1.82, 2.24) is 5.16 Å². The van der Waals surface area contributed by atoms with Crippen LogP contribution in [0.2, 0.25) is 0 Å². The second-order valence-electron chi connectivity index (χ2n) is 7.92. The molecule has 0 bridgehead atoms. The topological polar surface area (TPSA) is 96.9 Å². The first kappa shape index (κ1) is 16.1. The maximum Gasteiger partial charge on any atom is 0.417 e. The van der Waals surface area contributed by atoms with Crippen LogP contribution in [-0.4, -0.2) is 36.4 Å². The summed E-state index contributed by atoms with van der Waals surface area (Å²) < 4.78 is 39.5. The van der Waals surface area contributed by atoms with E-state index in [2.05, 4.69) is 10.5 Å². The summed E-state index contributed by atoms with van der Waals surface area (Å²) in [5, 5.41) is 6.76. The molecule has 146 valence electrons. The van der Waals surface area contributed by atoms with Gasteiger partial charge in [0.25, 0.3) is 0 Å². The van der Waals surface area contributed by atoms with E-state index >= 15 is 0 Å². The zero-order valence-electron chi connectivity index (χ0n) is 14.9. The van der Waals surface area contributed by atoms with Gasteiger partial charge >= 0.3 is 6.09 Å². The van der Waals surface area contributed by atoms with Crippen LogP contribution in [0.4, 0.5) is 30.8 Å².